The Balaban J connectivity index is 2.38. The molecule has 4 heteroatoms. The number of nitrogens with zero attached hydrogens (tertiary/aromatic N) is 1. The smallest absolute Gasteiger partial charge is 0.0808 e. The third kappa shape index (κ3) is 3.93. The van der Waals surface area contributed by atoms with Crippen molar-refractivity contribution in [3.8, 4) is 0 Å². The van der Waals surface area contributed by atoms with Crippen molar-refractivity contribution in [1.82, 2.24) is 0 Å². The number of thioether (sulfide) groups is 1. The highest BCUT2D eigenvalue weighted by Crippen LogP contribution is 2.36. The molecule has 0 atom stereocenters. The number of ether oxygens (including phenoxy) is 1. The van der Waals surface area contributed by atoms with Gasteiger partial charge >= 0.3 is 0 Å². The highest BCUT2D eigenvalue weighted by molar-refractivity contribution is 7.99. The van der Waals surface area contributed by atoms with Crippen LogP contribution in [0, 0.1) is 0 Å². The SMILES string of the molecule is CCSc1cccc(N2CC(C)(C)OC(C)(C)C2)c1CN. The van der Waals surface area contributed by atoms with Crippen LogP contribution >= 0.6 is 11.8 Å². The third-order valence-electron chi connectivity index (χ3n) is 3.65. The molecule has 0 spiro atoms. The minimum atomic E-state index is -0.151. The van der Waals surface area contributed by atoms with Gasteiger partial charge in [-0.2, -0.15) is 0 Å². The van der Waals surface area contributed by atoms with Gasteiger partial charge in [0.15, 0.2) is 0 Å². The average molecular weight is 308 g/mol. The summed E-state index contributed by atoms with van der Waals surface area (Å²) in [6.07, 6.45) is 0. The molecule has 1 aromatic rings. The second-order valence-electron chi connectivity index (χ2n) is 6.87. The zero-order valence-electron chi connectivity index (χ0n) is 13.9. The van der Waals surface area contributed by atoms with Crippen LogP contribution in [0.2, 0.25) is 0 Å². The summed E-state index contributed by atoms with van der Waals surface area (Å²) in [4.78, 5) is 3.74. The maximum absolute atomic E-state index is 6.19. The summed E-state index contributed by atoms with van der Waals surface area (Å²) in [7, 11) is 0. The first-order valence-corrected chi connectivity index (χ1v) is 8.66. The maximum atomic E-state index is 6.19. The zero-order chi connectivity index (χ0) is 15.7. The van der Waals surface area contributed by atoms with Gasteiger partial charge in [-0.05, 0) is 45.6 Å². The summed E-state index contributed by atoms with van der Waals surface area (Å²) in [5.74, 6) is 1.07. The molecule has 1 fully saturated rings. The molecule has 2 N–H and O–H groups in total. The summed E-state index contributed by atoms with van der Waals surface area (Å²) in [6.45, 7) is 13.2. The van der Waals surface area contributed by atoms with Gasteiger partial charge in [0.2, 0.25) is 0 Å². The molecule has 1 aliphatic heterocycles. The first-order chi connectivity index (χ1) is 9.78. The Hall–Kier alpha value is -0.710. The van der Waals surface area contributed by atoms with Gasteiger partial charge in [0.05, 0.1) is 11.2 Å². The van der Waals surface area contributed by atoms with Crippen LogP contribution < -0.4 is 10.6 Å². The van der Waals surface area contributed by atoms with E-state index in [2.05, 4.69) is 57.7 Å². The number of hydrogen-bond donors (Lipinski definition) is 1. The number of benzene rings is 1. The Morgan fingerprint density at radius 2 is 1.81 bits per heavy atom. The molecule has 0 aliphatic carbocycles. The Morgan fingerprint density at radius 1 is 1.19 bits per heavy atom. The minimum absolute atomic E-state index is 0.151. The zero-order valence-corrected chi connectivity index (χ0v) is 14.7. The van der Waals surface area contributed by atoms with Gasteiger partial charge in [0.1, 0.15) is 0 Å². The van der Waals surface area contributed by atoms with Gasteiger partial charge in [0.25, 0.3) is 0 Å². The molecule has 0 saturated carbocycles. The van der Waals surface area contributed by atoms with Crippen LogP contribution in [0.25, 0.3) is 0 Å². The standard InChI is InChI=1S/C17H28N2OS/c1-6-21-15-9-7-8-14(13(15)10-18)19-11-16(2,3)20-17(4,5)12-19/h7-9H,6,10-12,18H2,1-5H3. The highest BCUT2D eigenvalue weighted by Gasteiger charge is 2.38. The second kappa shape index (κ2) is 6.19. The van der Waals surface area contributed by atoms with E-state index in [-0.39, 0.29) is 11.2 Å². The summed E-state index contributed by atoms with van der Waals surface area (Å²) >= 11 is 1.87. The van der Waals surface area contributed by atoms with Crippen LogP contribution in [0.3, 0.4) is 0 Å². The molecule has 1 aliphatic rings. The van der Waals surface area contributed by atoms with Crippen molar-refractivity contribution >= 4 is 17.4 Å². The van der Waals surface area contributed by atoms with E-state index in [4.69, 9.17) is 10.5 Å². The lowest BCUT2D eigenvalue weighted by molar-refractivity contribution is -0.133. The van der Waals surface area contributed by atoms with Crippen molar-refractivity contribution in [3.63, 3.8) is 0 Å². The first kappa shape index (κ1) is 16.7. The predicted molar refractivity (Wildman–Crippen MR) is 92.2 cm³/mol. The van der Waals surface area contributed by atoms with Crippen LogP contribution in [0.1, 0.15) is 40.2 Å². The Labute approximate surface area is 133 Å². The monoisotopic (exact) mass is 308 g/mol. The van der Waals surface area contributed by atoms with E-state index in [9.17, 15) is 0 Å². The van der Waals surface area contributed by atoms with Crippen LogP contribution in [0.15, 0.2) is 23.1 Å². The van der Waals surface area contributed by atoms with Crippen molar-refractivity contribution in [2.24, 2.45) is 5.73 Å². The summed E-state index contributed by atoms with van der Waals surface area (Å²) in [5, 5.41) is 0. The van der Waals surface area contributed by atoms with Crippen molar-refractivity contribution in [2.75, 3.05) is 23.7 Å². The lowest BCUT2D eigenvalue weighted by atomic mass is 9.97. The molecule has 118 valence electrons. The van der Waals surface area contributed by atoms with Crippen LogP contribution in [-0.4, -0.2) is 30.0 Å². The van der Waals surface area contributed by atoms with Crippen molar-refractivity contribution in [1.29, 1.82) is 0 Å². The van der Waals surface area contributed by atoms with Crippen molar-refractivity contribution in [2.45, 2.75) is 57.3 Å². The molecule has 2 rings (SSSR count). The van der Waals surface area contributed by atoms with Gasteiger partial charge in [0, 0.05) is 35.8 Å². The molecule has 0 radical (unpaired) electrons. The first-order valence-electron chi connectivity index (χ1n) is 7.68. The number of hydrogen-bond acceptors (Lipinski definition) is 4. The van der Waals surface area contributed by atoms with Crippen LogP contribution in [0.5, 0.6) is 0 Å². The predicted octanol–water partition coefficient (Wildman–Crippen LogP) is 3.65. The Kier molecular flexibility index (Phi) is 4.91. The summed E-state index contributed by atoms with van der Waals surface area (Å²) in [5.41, 5.74) is 8.28. The van der Waals surface area contributed by atoms with E-state index >= 15 is 0 Å². The van der Waals surface area contributed by atoms with E-state index in [1.807, 2.05) is 11.8 Å². The molecular formula is C17H28N2OS. The fraction of sp³-hybridized carbons (Fsp3) is 0.647. The number of anilines is 1. The molecule has 0 unspecified atom stereocenters. The van der Waals surface area contributed by atoms with Gasteiger partial charge in [-0.15, -0.1) is 11.8 Å². The lowest BCUT2D eigenvalue weighted by Gasteiger charge is -2.48. The molecule has 1 heterocycles. The van der Waals surface area contributed by atoms with Crippen molar-refractivity contribution in [3.05, 3.63) is 23.8 Å². The van der Waals surface area contributed by atoms with E-state index in [0.717, 1.165) is 18.8 Å². The fourth-order valence-corrected chi connectivity index (χ4v) is 4.15. The molecule has 1 aromatic carbocycles. The molecule has 0 aromatic heterocycles. The minimum Gasteiger partial charge on any atom is -0.366 e. The molecule has 0 amide bonds. The number of morpholine rings is 1. The van der Waals surface area contributed by atoms with Gasteiger partial charge in [-0.25, -0.2) is 0 Å². The van der Waals surface area contributed by atoms with E-state index in [1.165, 1.54) is 16.1 Å². The summed E-state index contributed by atoms with van der Waals surface area (Å²) in [6, 6.07) is 6.51. The summed E-state index contributed by atoms with van der Waals surface area (Å²) < 4.78 is 6.19. The largest absolute Gasteiger partial charge is 0.366 e. The topological polar surface area (TPSA) is 38.5 Å². The molecular weight excluding hydrogens is 280 g/mol. The van der Waals surface area contributed by atoms with E-state index in [1.54, 1.807) is 0 Å². The quantitative estimate of drug-likeness (QED) is 0.862. The average Bonchev–Trinajstić information content (AvgIpc) is 2.35. The van der Waals surface area contributed by atoms with Crippen LogP contribution in [0.4, 0.5) is 5.69 Å². The molecule has 21 heavy (non-hydrogen) atoms. The normalized spacial score (nSPS) is 20.6. The van der Waals surface area contributed by atoms with Crippen molar-refractivity contribution < 1.29 is 4.74 Å². The highest BCUT2D eigenvalue weighted by atomic mass is 32.2. The van der Waals surface area contributed by atoms with Crippen LogP contribution in [-0.2, 0) is 11.3 Å². The number of rotatable bonds is 4. The lowest BCUT2D eigenvalue weighted by Crippen LogP contribution is -2.57. The third-order valence-corrected chi connectivity index (χ3v) is 4.63. The second-order valence-corrected chi connectivity index (χ2v) is 8.17. The number of nitrogens with two attached hydrogens (primary N) is 1. The Morgan fingerprint density at radius 3 is 2.33 bits per heavy atom. The van der Waals surface area contributed by atoms with E-state index in [0.29, 0.717) is 6.54 Å². The van der Waals surface area contributed by atoms with Gasteiger partial charge in [-0.1, -0.05) is 13.0 Å². The Bertz CT molecular complexity index is 484. The molecule has 1 saturated heterocycles. The molecule has 0 bridgehead atoms. The van der Waals surface area contributed by atoms with E-state index < -0.39 is 0 Å². The molecule has 3 nitrogen and oxygen atoms in total. The maximum Gasteiger partial charge on any atom is 0.0808 e. The van der Waals surface area contributed by atoms with Gasteiger partial charge < -0.3 is 15.4 Å². The van der Waals surface area contributed by atoms with Gasteiger partial charge in [-0.3, -0.25) is 0 Å². The fourth-order valence-electron chi connectivity index (χ4n) is 3.30.